The van der Waals surface area contributed by atoms with Gasteiger partial charge in [0.2, 0.25) is 0 Å². The molecule has 0 bridgehead atoms. The van der Waals surface area contributed by atoms with Crippen LogP contribution < -0.4 is 4.72 Å². The van der Waals surface area contributed by atoms with E-state index in [1.165, 1.54) is 18.3 Å². The largest absolute Gasteiger partial charge is 0.507 e. The minimum atomic E-state index is -3.91. The van der Waals surface area contributed by atoms with Gasteiger partial charge in [-0.25, -0.2) is 13.2 Å². The average Bonchev–Trinajstić information content (AvgIpc) is 2.40. The third-order valence-corrected chi connectivity index (χ3v) is 4.25. The number of phenols is 1. The van der Waals surface area contributed by atoms with E-state index < -0.39 is 27.3 Å². The lowest BCUT2D eigenvalue weighted by Crippen LogP contribution is -2.13. The molecule has 9 heteroatoms. The number of carbonyl (C=O) groups is 1. The third-order valence-electron chi connectivity index (χ3n) is 2.47. The molecule has 2 rings (SSSR count). The molecule has 0 spiro atoms. The number of carboxylic acid groups (broad SMARTS) is 1. The third kappa shape index (κ3) is 3.50. The second kappa shape index (κ2) is 5.70. The molecule has 7 nitrogen and oxygen atoms in total. The Labute approximate surface area is 128 Å². The molecule has 0 unspecified atom stereocenters. The summed E-state index contributed by atoms with van der Waals surface area (Å²) in [6.07, 6.45) is 2.59. The number of halogens is 1. The molecular weight excluding hydrogens is 364 g/mol. The van der Waals surface area contributed by atoms with Gasteiger partial charge >= 0.3 is 5.97 Å². The molecule has 1 heterocycles. The van der Waals surface area contributed by atoms with Crippen LogP contribution in [0.15, 0.2) is 46.0 Å². The van der Waals surface area contributed by atoms with E-state index in [1.807, 2.05) is 0 Å². The van der Waals surface area contributed by atoms with Gasteiger partial charge in [0.05, 0.1) is 0 Å². The minimum absolute atomic E-state index is 0.0187. The van der Waals surface area contributed by atoms with Crippen molar-refractivity contribution in [2.75, 3.05) is 4.72 Å². The molecule has 0 amide bonds. The van der Waals surface area contributed by atoms with Crippen LogP contribution in [0, 0.1) is 0 Å². The van der Waals surface area contributed by atoms with Crippen LogP contribution in [-0.2, 0) is 10.0 Å². The lowest BCUT2D eigenvalue weighted by molar-refractivity contribution is 0.0694. The number of hydrogen-bond acceptors (Lipinski definition) is 5. The van der Waals surface area contributed by atoms with E-state index in [4.69, 9.17) is 5.11 Å². The molecule has 0 aliphatic carbocycles. The van der Waals surface area contributed by atoms with Crippen molar-refractivity contribution < 1.29 is 23.4 Å². The molecule has 0 atom stereocenters. The predicted octanol–water partition coefficient (Wildman–Crippen LogP) is 2.05. The van der Waals surface area contributed by atoms with Crippen LogP contribution in [0.25, 0.3) is 0 Å². The van der Waals surface area contributed by atoms with E-state index in [2.05, 4.69) is 25.6 Å². The molecule has 0 fully saturated rings. The van der Waals surface area contributed by atoms with Crippen molar-refractivity contribution in [3.05, 3.63) is 46.7 Å². The van der Waals surface area contributed by atoms with Gasteiger partial charge in [0.15, 0.2) is 0 Å². The second-order valence-corrected chi connectivity index (χ2v) is 6.58. The summed E-state index contributed by atoms with van der Waals surface area (Å²) >= 11 is 3.11. The number of benzene rings is 1. The van der Waals surface area contributed by atoms with Crippen LogP contribution in [0.1, 0.15) is 10.4 Å². The highest BCUT2D eigenvalue weighted by atomic mass is 79.9. The van der Waals surface area contributed by atoms with Gasteiger partial charge < -0.3 is 10.2 Å². The zero-order chi connectivity index (χ0) is 15.6. The molecule has 0 aliphatic rings. The van der Waals surface area contributed by atoms with Crippen molar-refractivity contribution in [3.63, 3.8) is 0 Å². The van der Waals surface area contributed by atoms with Crippen LogP contribution in [-0.4, -0.2) is 29.6 Å². The maximum atomic E-state index is 12.1. The Morgan fingerprint density at radius 3 is 2.57 bits per heavy atom. The summed E-state index contributed by atoms with van der Waals surface area (Å²) in [5.74, 6) is -1.81. The number of aromatic hydroxyl groups is 1. The summed E-state index contributed by atoms with van der Waals surface area (Å²) in [6, 6.07) is 4.74. The number of nitrogens with zero attached hydrogens (tertiary/aromatic N) is 1. The maximum absolute atomic E-state index is 12.1. The smallest absolute Gasteiger partial charge is 0.339 e. The van der Waals surface area contributed by atoms with Crippen molar-refractivity contribution in [2.45, 2.75) is 4.90 Å². The van der Waals surface area contributed by atoms with Crippen LogP contribution in [0.3, 0.4) is 0 Å². The van der Waals surface area contributed by atoms with Crippen LogP contribution in [0.5, 0.6) is 5.75 Å². The highest BCUT2D eigenvalue weighted by Gasteiger charge is 2.17. The Morgan fingerprint density at radius 2 is 1.95 bits per heavy atom. The first-order chi connectivity index (χ1) is 9.79. The predicted molar refractivity (Wildman–Crippen MR) is 77.8 cm³/mol. The van der Waals surface area contributed by atoms with E-state index in [-0.39, 0.29) is 10.6 Å². The van der Waals surface area contributed by atoms with Gasteiger partial charge in [-0.3, -0.25) is 9.71 Å². The van der Waals surface area contributed by atoms with Crippen molar-refractivity contribution in [3.8, 4) is 5.75 Å². The Hall–Kier alpha value is -2.13. The summed E-state index contributed by atoms with van der Waals surface area (Å²) in [6.45, 7) is 0. The zero-order valence-corrected chi connectivity index (χ0v) is 12.7. The molecule has 0 aliphatic heterocycles. The summed E-state index contributed by atoms with van der Waals surface area (Å²) in [5.41, 5.74) is -0.382. The number of sulfonamides is 1. The minimum Gasteiger partial charge on any atom is -0.507 e. The van der Waals surface area contributed by atoms with E-state index >= 15 is 0 Å². The molecule has 3 N–H and O–H groups in total. The number of hydrogen-bond donors (Lipinski definition) is 3. The van der Waals surface area contributed by atoms with Crippen molar-refractivity contribution in [1.29, 1.82) is 0 Å². The summed E-state index contributed by atoms with van der Waals surface area (Å²) < 4.78 is 27.0. The molecule has 0 saturated heterocycles. The summed E-state index contributed by atoms with van der Waals surface area (Å²) in [7, 11) is -3.91. The van der Waals surface area contributed by atoms with Crippen molar-refractivity contribution in [2.24, 2.45) is 0 Å². The van der Waals surface area contributed by atoms with Gasteiger partial charge in [0.1, 0.15) is 16.2 Å². The summed E-state index contributed by atoms with van der Waals surface area (Å²) in [5, 5.41) is 18.3. The Kier molecular flexibility index (Phi) is 4.14. The second-order valence-electron chi connectivity index (χ2n) is 3.98. The fourth-order valence-electron chi connectivity index (χ4n) is 1.52. The lowest BCUT2D eigenvalue weighted by atomic mass is 10.2. The SMILES string of the molecule is O=C(O)c1cc(NS(=O)(=O)c2cncc(Br)c2)ccc1O. The van der Waals surface area contributed by atoms with E-state index in [0.717, 1.165) is 18.3 Å². The molecule has 0 saturated carbocycles. The molecule has 1 aromatic carbocycles. The highest BCUT2D eigenvalue weighted by molar-refractivity contribution is 9.10. The maximum Gasteiger partial charge on any atom is 0.339 e. The van der Waals surface area contributed by atoms with E-state index in [0.29, 0.717) is 4.47 Å². The molecule has 21 heavy (non-hydrogen) atoms. The zero-order valence-electron chi connectivity index (χ0n) is 10.3. The van der Waals surface area contributed by atoms with E-state index in [1.54, 1.807) is 0 Å². The standard InChI is InChI=1S/C12H9BrN2O5S/c13-7-3-9(6-14-5-7)21(19,20)15-8-1-2-11(16)10(4-8)12(17)18/h1-6,15-16H,(H,17,18). The monoisotopic (exact) mass is 372 g/mol. The van der Waals surface area contributed by atoms with E-state index in [9.17, 15) is 18.3 Å². The van der Waals surface area contributed by atoms with Gasteiger partial charge in [0, 0.05) is 22.6 Å². The molecule has 2 aromatic rings. The quantitative estimate of drug-likeness (QED) is 0.707. The summed E-state index contributed by atoms with van der Waals surface area (Å²) in [4.78, 5) is 14.6. The number of carboxylic acids is 1. The Balaban J connectivity index is 2.37. The van der Waals surface area contributed by atoms with Crippen molar-refractivity contribution >= 4 is 37.6 Å². The van der Waals surface area contributed by atoms with Crippen LogP contribution in [0.4, 0.5) is 5.69 Å². The Bertz CT molecular complexity index is 807. The fraction of sp³-hybridized carbons (Fsp3) is 0. The van der Waals surface area contributed by atoms with Gasteiger partial charge in [-0.05, 0) is 40.2 Å². The normalized spacial score (nSPS) is 11.1. The number of aromatic carboxylic acids is 1. The first-order valence-electron chi connectivity index (χ1n) is 5.49. The topological polar surface area (TPSA) is 117 Å². The fourth-order valence-corrected chi connectivity index (χ4v) is 3.08. The molecule has 0 radical (unpaired) electrons. The highest BCUT2D eigenvalue weighted by Crippen LogP contribution is 2.24. The lowest BCUT2D eigenvalue weighted by Gasteiger charge is -2.09. The number of pyridine rings is 1. The van der Waals surface area contributed by atoms with Crippen molar-refractivity contribution in [1.82, 2.24) is 4.98 Å². The van der Waals surface area contributed by atoms with Gasteiger partial charge in [-0.2, -0.15) is 0 Å². The first kappa shape index (κ1) is 15.3. The molecule has 110 valence electrons. The number of anilines is 1. The molecule has 1 aromatic heterocycles. The molecular formula is C12H9BrN2O5S. The first-order valence-corrected chi connectivity index (χ1v) is 7.77. The Morgan fingerprint density at radius 1 is 1.24 bits per heavy atom. The van der Waals surface area contributed by atoms with Gasteiger partial charge in [-0.1, -0.05) is 0 Å². The number of rotatable bonds is 4. The number of aromatic nitrogens is 1. The number of nitrogens with one attached hydrogen (secondary N) is 1. The average molecular weight is 373 g/mol. The van der Waals surface area contributed by atoms with Crippen LogP contribution >= 0.6 is 15.9 Å². The van der Waals surface area contributed by atoms with Gasteiger partial charge in [-0.15, -0.1) is 0 Å². The van der Waals surface area contributed by atoms with Crippen LogP contribution in [0.2, 0.25) is 0 Å². The van der Waals surface area contributed by atoms with Gasteiger partial charge in [0.25, 0.3) is 10.0 Å².